The lowest BCUT2D eigenvalue weighted by Gasteiger charge is -2.27. The van der Waals surface area contributed by atoms with Gasteiger partial charge in [0.05, 0.1) is 50.0 Å². The minimum absolute atomic E-state index is 0.547. The highest BCUT2D eigenvalue weighted by Crippen LogP contribution is 2.54. The summed E-state index contributed by atoms with van der Waals surface area (Å²) in [6.07, 6.45) is 7.10. The molecule has 0 fully saturated rings. The van der Waals surface area contributed by atoms with Gasteiger partial charge < -0.3 is 9.13 Å². The molecule has 0 amide bonds. The Morgan fingerprint density at radius 2 is 0.781 bits per heavy atom. The second-order valence-electron chi connectivity index (χ2n) is 16.4. The molecule has 7 heteroatoms. The quantitative estimate of drug-likeness (QED) is 0.162. The van der Waals surface area contributed by atoms with E-state index in [4.69, 9.17) is 15.0 Å². The predicted molar refractivity (Wildman–Crippen MR) is 260 cm³/mol. The summed E-state index contributed by atoms with van der Waals surface area (Å²) in [6.45, 7) is 0. The van der Waals surface area contributed by atoms with Gasteiger partial charge in [0, 0.05) is 78.4 Å². The second kappa shape index (κ2) is 13.0. The van der Waals surface area contributed by atoms with Crippen LogP contribution < -0.4 is 0 Å². The SMILES string of the molecule is N#Cc1c(-n2c3cccc4c5cncnc5c5cccc2c5c43)c(-c2ccccc2)c(-c2ccccc2)c(-c2ccccc2)c1-n1c2cccc3c4nccnc4c4cccc1c4c32. The van der Waals surface area contributed by atoms with Gasteiger partial charge in [-0.1, -0.05) is 140 Å². The van der Waals surface area contributed by atoms with E-state index in [1.54, 1.807) is 18.7 Å². The monoisotopic (exact) mass is 813 g/mol. The third-order valence-corrected chi connectivity index (χ3v) is 13.3. The molecule has 0 atom stereocenters. The number of nitriles is 1. The van der Waals surface area contributed by atoms with Gasteiger partial charge in [0.2, 0.25) is 0 Å². The maximum Gasteiger partial charge on any atom is 0.116 e. The summed E-state index contributed by atoms with van der Waals surface area (Å²) in [6, 6.07) is 60.6. The van der Waals surface area contributed by atoms with E-state index in [0.717, 1.165) is 132 Å². The largest absolute Gasteiger partial charge is 0.307 e. The molecule has 0 unspecified atom stereocenters. The highest BCUT2D eigenvalue weighted by atomic mass is 15.0. The van der Waals surface area contributed by atoms with Crippen molar-refractivity contribution in [2.45, 2.75) is 0 Å². The highest BCUT2D eigenvalue weighted by molar-refractivity contribution is 6.35. The van der Waals surface area contributed by atoms with Crippen molar-refractivity contribution in [3.63, 3.8) is 0 Å². The zero-order valence-corrected chi connectivity index (χ0v) is 34.0. The number of hydrogen-bond donors (Lipinski definition) is 0. The van der Waals surface area contributed by atoms with E-state index in [9.17, 15) is 5.26 Å². The second-order valence-corrected chi connectivity index (χ2v) is 16.4. The lowest BCUT2D eigenvalue weighted by atomic mass is 9.82. The van der Waals surface area contributed by atoms with Crippen LogP contribution in [0.25, 0.3) is 132 Å². The van der Waals surface area contributed by atoms with Gasteiger partial charge in [0.25, 0.3) is 0 Å². The number of hydrogen-bond acceptors (Lipinski definition) is 5. The Balaban J connectivity index is 1.30. The Hall–Kier alpha value is -8.99. The molecule has 14 rings (SSSR count). The zero-order chi connectivity index (χ0) is 42.0. The van der Waals surface area contributed by atoms with Crippen molar-refractivity contribution in [2.24, 2.45) is 0 Å². The Kier molecular flexibility index (Phi) is 7.05. The van der Waals surface area contributed by atoms with Crippen LogP contribution >= 0.6 is 0 Å². The van der Waals surface area contributed by atoms with Crippen molar-refractivity contribution in [3.05, 3.63) is 194 Å². The topological polar surface area (TPSA) is 85.2 Å². The highest BCUT2D eigenvalue weighted by Gasteiger charge is 2.33. The van der Waals surface area contributed by atoms with Gasteiger partial charge in [-0.25, -0.2) is 9.97 Å². The number of benzene rings is 10. The number of rotatable bonds is 5. The predicted octanol–water partition coefficient (Wildman–Crippen LogP) is 13.8. The van der Waals surface area contributed by atoms with Gasteiger partial charge in [-0.2, -0.15) is 5.26 Å². The molecule has 64 heavy (non-hydrogen) atoms. The van der Waals surface area contributed by atoms with Crippen molar-refractivity contribution in [3.8, 4) is 50.8 Å². The fraction of sp³-hybridized carbons (Fsp3) is 0. The molecule has 4 aromatic heterocycles. The number of nitrogens with zero attached hydrogens (tertiary/aromatic N) is 7. The smallest absolute Gasteiger partial charge is 0.116 e. The summed E-state index contributed by atoms with van der Waals surface area (Å²) in [5, 5.41) is 21.9. The summed E-state index contributed by atoms with van der Waals surface area (Å²) < 4.78 is 4.71. The Morgan fingerprint density at radius 3 is 1.23 bits per heavy atom. The normalized spacial score (nSPS) is 12.0. The van der Waals surface area contributed by atoms with E-state index in [0.29, 0.717) is 5.56 Å². The fourth-order valence-electron chi connectivity index (χ4n) is 10.9. The molecule has 7 nitrogen and oxygen atoms in total. The van der Waals surface area contributed by atoms with Crippen LogP contribution in [-0.2, 0) is 0 Å². The average Bonchev–Trinajstić information content (AvgIpc) is 3.89. The van der Waals surface area contributed by atoms with Gasteiger partial charge in [0.15, 0.2) is 0 Å². The molecule has 0 saturated heterocycles. The molecular weight excluding hydrogens is 783 g/mol. The first kappa shape index (κ1) is 34.7. The summed E-state index contributed by atoms with van der Waals surface area (Å²) in [7, 11) is 0. The molecule has 294 valence electrons. The fourth-order valence-corrected chi connectivity index (χ4v) is 10.9. The third kappa shape index (κ3) is 4.47. The Morgan fingerprint density at radius 1 is 0.375 bits per heavy atom. The first-order valence-electron chi connectivity index (χ1n) is 21.4. The molecule has 0 aliphatic rings. The Bertz CT molecular complexity index is 3820. The maximum atomic E-state index is 12.3. The van der Waals surface area contributed by atoms with Crippen LogP contribution in [0.15, 0.2) is 189 Å². The van der Waals surface area contributed by atoms with Crippen LogP contribution in [0.2, 0.25) is 0 Å². The standard InChI is InChI=1S/C57H31N7/c58-30-40-56(63-42-24-10-20-36-41-31-59-32-62-53(41)37-21-11-25-43(63)50(37)49(36)42)47(34-16-6-2-7-17-34)46(33-14-4-1-5-15-33)48(35-18-8-3-9-19-35)57(40)64-44-26-12-22-38-51(44)52-39(23-13-27-45(52)64)55-54(38)60-28-29-61-55/h1-29,31-32H. The van der Waals surface area contributed by atoms with Crippen LogP contribution in [0, 0.1) is 11.3 Å². The molecule has 4 heterocycles. The van der Waals surface area contributed by atoms with Gasteiger partial charge in [-0.05, 0) is 46.3 Å². The molecular formula is C57H31N7. The molecule has 0 saturated carbocycles. The maximum absolute atomic E-state index is 12.3. The van der Waals surface area contributed by atoms with Crippen molar-refractivity contribution in [1.29, 1.82) is 5.26 Å². The van der Waals surface area contributed by atoms with E-state index in [1.165, 1.54) is 0 Å². The van der Waals surface area contributed by atoms with Gasteiger partial charge in [0.1, 0.15) is 18.0 Å². The van der Waals surface area contributed by atoms with E-state index in [2.05, 4.69) is 184 Å². The summed E-state index contributed by atoms with van der Waals surface area (Å²) in [4.78, 5) is 19.2. The van der Waals surface area contributed by atoms with Gasteiger partial charge in [-0.15, -0.1) is 0 Å². The number of fused-ring (bicyclic) bond motifs is 6. The van der Waals surface area contributed by atoms with Crippen LogP contribution in [0.1, 0.15) is 5.56 Å². The van der Waals surface area contributed by atoms with E-state index in [-0.39, 0.29) is 0 Å². The summed E-state index contributed by atoms with van der Waals surface area (Å²) in [5.41, 5.74) is 14.7. The minimum atomic E-state index is 0.547. The van der Waals surface area contributed by atoms with Crippen LogP contribution in [-0.4, -0.2) is 29.1 Å². The van der Waals surface area contributed by atoms with Crippen LogP contribution in [0.4, 0.5) is 0 Å². The minimum Gasteiger partial charge on any atom is -0.307 e. The first-order chi connectivity index (χ1) is 31.8. The first-order valence-corrected chi connectivity index (χ1v) is 21.4. The lowest BCUT2D eigenvalue weighted by Crippen LogP contribution is -2.10. The average molecular weight is 814 g/mol. The lowest BCUT2D eigenvalue weighted by molar-refractivity contribution is 1.12. The number of aromatic nitrogens is 6. The summed E-state index contributed by atoms with van der Waals surface area (Å²) in [5.74, 6) is 0. The molecule has 0 bridgehead atoms. The summed E-state index contributed by atoms with van der Waals surface area (Å²) >= 11 is 0. The Labute approximate surface area is 365 Å². The van der Waals surface area contributed by atoms with Gasteiger partial charge >= 0.3 is 0 Å². The van der Waals surface area contributed by atoms with Crippen molar-refractivity contribution < 1.29 is 0 Å². The van der Waals surface area contributed by atoms with E-state index < -0.39 is 0 Å². The molecule has 0 N–H and O–H groups in total. The van der Waals surface area contributed by atoms with Crippen molar-refractivity contribution in [1.82, 2.24) is 29.1 Å². The van der Waals surface area contributed by atoms with E-state index in [1.807, 2.05) is 6.20 Å². The molecule has 0 radical (unpaired) electrons. The van der Waals surface area contributed by atoms with Crippen LogP contribution in [0.5, 0.6) is 0 Å². The van der Waals surface area contributed by atoms with E-state index >= 15 is 0 Å². The molecule has 0 aliphatic carbocycles. The van der Waals surface area contributed by atoms with Crippen LogP contribution in [0.3, 0.4) is 0 Å². The van der Waals surface area contributed by atoms with Gasteiger partial charge in [-0.3, -0.25) is 9.97 Å². The zero-order valence-electron chi connectivity index (χ0n) is 34.0. The molecule has 14 aromatic rings. The van der Waals surface area contributed by atoms with Crippen molar-refractivity contribution >= 4 is 87.1 Å². The van der Waals surface area contributed by atoms with Crippen molar-refractivity contribution in [2.75, 3.05) is 0 Å². The molecule has 0 spiro atoms. The molecule has 0 aliphatic heterocycles. The third-order valence-electron chi connectivity index (χ3n) is 13.3. The molecule has 10 aromatic carbocycles.